The fourth-order valence-corrected chi connectivity index (χ4v) is 3.11. The van der Waals surface area contributed by atoms with Gasteiger partial charge in [-0.25, -0.2) is 9.52 Å². The Balaban J connectivity index is 2.61. The molecule has 2 N–H and O–H groups in total. The molecule has 8 heteroatoms. The van der Waals surface area contributed by atoms with Crippen LogP contribution in [-0.4, -0.2) is 52.6 Å². The first kappa shape index (κ1) is 14.2. The molecule has 0 aliphatic carbocycles. The molecule has 0 bridgehead atoms. The van der Waals surface area contributed by atoms with Crippen molar-refractivity contribution in [1.29, 1.82) is 0 Å². The summed E-state index contributed by atoms with van der Waals surface area (Å²) in [5.41, 5.74) is 0. The second kappa shape index (κ2) is 6.18. The second-order valence-corrected chi connectivity index (χ2v) is 5.69. The highest BCUT2D eigenvalue weighted by Gasteiger charge is 2.29. The summed E-state index contributed by atoms with van der Waals surface area (Å²) in [5, 5.41) is 3.03. The van der Waals surface area contributed by atoms with Crippen LogP contribution in [0.5, 0.6) is 0 Å². The Kier molecular flexibility index (Phi) is 5.16. The highest BCUT2D eigenvalue weighted by molar-refractivity contribution is 7.87. The van der Waals surface area contributed by atoms with Gasteiger partial charge in [0.2, 0.25) is 0 Å². The van der Waals surface area contributed by atoms with Crippen molar-refractivity contribution in [2.24, 2.45) is 5.92 Å². The van der Waals surface area contributed by atoms with Crippen molar-refractivity contribution in [1.82, 2.24) is 14.3 Å². The van der Waals surface area contributed by atoms with E-state index in [4.69, 9.17) is 0 Å². The van der Waals surface area contributed by atoms with Gasteiger partial charge in [-0.2, -0.15) is 12.7 Å². The molecule has 1 atom stereocenters. The number of amides is 1. The van der Waals surface area contributed by atoms with Crippen LogP contribution < -0.4 is 10.0 Å². The Hall–Kier alpha value is -0.860. The molecule has 1 saturated heterocycles. The number of hydrogen-bond acceptors (Lipinski definition) is 5. The fourth-order valence-electron chi connectivity index (χ4n) is 1.91. The molecule has 1 amide bonds. The van der Waals surface area contributed by atoms with Crippen LogP contribution in [0.3, 0.4) is 0 Å². The Bertz CT molecular complexity index is 355. The maximum atomic E-state index is 11.8. The quantitative estimate of drug-likeness (QED) is 0.717. The standard InChI is InChI=1S/C9H19N3O4S/c1-10-6-8-4-3-5-12(7-8)17(14,15)11-9(13)16-2/h8,10H,3-7H2,1-2H3,(H,11,13). The minimum absolute atomic E-state index is 0.281. The lowest BCUT2D eigenvalue weighted by molar-refractivity contribution is 0.176. The van der Waals surface area contributed by atoms with Crippen molar-refractivity contribution >= 4 is 16.3 Å². The lowest BCUT2D eigenvalue weighted by atomic mass is 10.00. The zero-order valence-corrected chi connectivity index (χ0v) is 10.9. The van der Waals surface area contributed by atoms with Crippen LogP contribution in [0.1, 0.15) is 12.8 Å². The molecule has 1 aliphatic rings. The lowest BCUT2D eigenvalue weighted by Gasteiger charge is -2.31. The highest BCUT2D eigenvalue weighted by atomic mass is 32.2. The zero-order valence-electron chi connectivity index (χ0n) is 10.1. The number of nitrogens with one attached hydrogen (secondary N) is 2. The van der Waals surface area contributed by atoms with Gasteiger partial charge in [0.15, 0.2) is 0 Å². The summed E-state index contributed by atoms with van der Waals surface area (Å²) >= 11 is 0. The topological polar surface area (TPSA) is 87.7 Å². The summed E-state index contributed by atoms with van der Waals surface area (Å²) < 4.78 is 31.0. The van der Waals surface area contributed by atoms with Gasteiger partial charge < -0.3 is 10.1 Å². The third-order valence-corrected chi connectivity index (χ3v) is 4.15. The maximum Gasteiger partial charge on any atom is 0.421 e. The first-order chi connectivity index (χ1) is 7.99. The minimum atomic E-state index is -3.76. The van der Waals surface area contributed by atoms with Crippen LogP contribution in [0.2, 0.25) is 0 Å². The van der Waals surface area contributed by atoms with E-state index in [1.165, 1.54) is 4.31 Å². The molecule has 1 heterocycles. The van der Waals surface area contributed by atoms with Crippen molar-refractivity contribution < 1.29 is 17.9 Å². The molecular weight excluding hydrogens is 246 g/mol. The van der Waals surface area contributed by atoms with Crippen LogP contribution in [0.4, 0.5) is 4.79 Å². The highest BCUT2D eigenvalue weighted by Crippen LogP contribution is 2.17. The van der Waals surface area contributed by atoms with Crippen molar-refractivity contribution in [3.05, 3.63) is 0 Å². The van der Waals surface area contributed by atoms with Gasteiger partial charge in [0.05, 0.1) is 7.11 Å². The SMILES string of the molecule is CNCC1CCCN(S(=O)(=O)NC(=O)OC)C1. The summed E-state index contributed by atoms with van der Waals surface area (Å²) in [6.07, 6.45) is 0.834. The number of nitrogens with zero attached hydrogens (tertiary/aromatic N) is 1. The molecule has 100 valence electrons. The number of hydrogen-bond donors (Lipinski definition) is 2. The Morgan fingerprint density at radius 1 is 1.53 bits per heavy atom. The van der Waals surface area contributed by atoms with E-state index in [1.807, 2.05) is 11.8 Å². The van der Waals surface area contributed by atoms with Crippen molar-refractivity contribution in [3.63, 3.8) is 0 Å². The molecule has 1 aliphatic heterocycles. The second-order valence-electron chi connectivity index (χ2n) is 4.02. The molecule has 0 aromatic heterocycles. The number of methoxy groups -OCH3 is 1. The summed E-state index contributed by atoms with van der Waals surface area (Å²) in [5.74, 6) is 0.281. The van der Waals surface area contributed by atoms with E-state index in [2.05, 4.69) is 10.1 Å². The van der Waals surface area contributed by atoms with Crippen LogP contribution in [0, 0.1) is 5.92 Å². The normalized spacial score (nSPS) is 22.1. The summed E-state index contributed by atoms with van der Waals surface area (Å²) in [6, 6.07) is 0. The molecule has 17 heavy (non-hydrogen) atoms. The Labute approximate surface area is 102 Å². The first-order valence-corrected chi connectivity index (χ1v) is 6.94. The fraction of sp³-hybridized carbons (Fsp3) is 0.889. The van der Waals surface area contributed by atoms with E-state index in [0.717, 1.165) is 26.5 Å². The molecule has 0 saturated carbocycles. The van der Waals surface area contributed by atoms with Gasteiger partial charge in [-0.1, -0.05) is 0 Å². The number of carbonyl (C=O) groups is 1. The molecule has 7 nitrogen and oxygen atoms in total. The molecular formula is C9H19N3O4S. The van der Waals surface area contributed by atoms with Gasteiger partial charge in [0, 0.05) is 13.1 Å². The average molecular weight is 265 g/mol. The number of piperidine rings is 1. The van der Waals surface area contributed by atoms with Crippen LogP contribution in [-0.2, 0) is 14.9 Å². The van der Waals surface area contributed by atoms with Crippen molar-refractivity contribution in [2.75, 3.05) is 33.8 Å². The smallest absolute Gasteiger partial charge is 0.421 e. The van der Waals surface area contributed by atoms with Gasteiger partial charge in [0.1, 0.15) is 0 Å². The Morgan fingerprint density at radius 2 is 2.24 bits per heavy atom. The number of rotatable bonds is 4. The monoisotopic (exact) mass is 265 g/mol. The summed E-state index contributed by atoms with van der Waals surface area (Å²) in [7, 11) is -0.802. The molecule has 1 rings (SSSR count). The van der Waals surface area contributed by atoms with E-state index in [0.29, 0.717) is 13.1 Å². The zero-order chi connectivity index (χ0) is 12.9. The molecule has 0 spiro atoms. The van der Waals surface area contributed by atoms with Gasteiger partial charge in [-0.05, 0) is 32.4 Å². The van der Waals surface area contributed by atoms with Crippen molar-refractivity contribution in [2.45, 2.75) is 12.8 Å². The van der Waals surface area contributed by atoms with Gasteiger partial charge in [0.25, 0.3) is 0 Å². The van der Waals surface area contributed by atoms with E-state index >= 15 is 0 Å². The molecule has 1 fully saturated rings. The minimum Gasteiger partial charge on any atom is -0.452 e. The maximum absolute atomic E-state index is 11.8. The largest absolute Gasteiger partial charge is 0.452 e. The lowest BCUT2D eigenvalue weighted by Crippen LogP contribution is -2.48. The van der Waals surface area contributed by atoms with E-state index < -0.39 is 16.3 Å². The van der Waals surface area contributed by atoms with Crippen LogP contribution in [0.15, 0.2) is 0 Å². The van der Waals surface area contributed by atoms with Gasteiger partial charge >= 0.3 is 16.3 Å². The average Bonchev–Trinajstić information content (AvgIpc) is 2.29. The molecule has 0 radical (unpaired) electrons. The molecule has 0 aromatic rings. The molecule has 0 aromatic carbocycles. The van der Waals surface area contributed by atoms with E-state index in [1.54, 1.807) is 0 Å². The molecule has 1 unspecified atom stereocenters. The Morgan fingerprint density at radius 3 is 2.82 bits per heavy atom. The van der Waals surface area contributed by atoms with E-state index in [9.17, 15) is 13.2 Å². The summed E-state index contributed by atoms with van der Waals surface area (Å²) in [4.78, 5) is 10.9. The van der Waals surface area contributed by atoms with Crippen LogP contribution in [0.25, 0.3) is 0 Å². The number of carbonyl (C=O) groups excluding carboxylic acids is 1. The van der Waals surface area contributed by atoms with Gasteiger partial charge in [-0.3, -0.25) is 0 Å². The third kappa shape index (κ3) is 4.14. The van der Waals surface area contributed by atoms with Crippen molar-refractivity contribution in [3.8, 4) is 0 Å². The predicted molar refractivity (Wildman–Crippen MR) is 62.7 cm³/mol. The summed E-state index contributed by atoms with van der Waals surface area (Å²) in [6.45, 7) is 1.63. The van der Waals surface area contributed by atoms with Gasteiger partial charge in [-0.15, -0.1) is 0 Å². The van der Waals surface area contributed by atoms with E-state index in [-0.39, 0.29) is 5.92 Å². The first-order valence-electron chi connectivity index (χ1n) is 5.50. The van der Waals surface area contributed by atoms with Crippen LogP contribution >= 0.6 is 0 Å². The number of ether oxygens (including phenoxy) is 1. The third-order valence-electron chi connectivity index (χ3n) is 2.71. The predicted octanol–water partition coefficient (Wildman–Crippen LogP) is -0.481.